The number of urea groups is 1. The second kappa shape index (κ2) is 6.00. The Morgan fingerprint density at radius 2 is 1.52 bits per heavy atom. The molecular weight excluding hydrogens is 282 g/mol. The third-order valence-corrected chi connectivity index (χ3v) is 2.61. The van der Waals surface area contributed by atoms with Crippen LogP contribution in [0.1, 0.15) is 10.4 Å². The summed E-state index contributed by atoms with van der Waals surface area (Å²) in [5, 5.41) is 13.2. The number of nitrogens with one attached hydrogen (secondary N) is 2. The standard InChI is InChI=1S/C14H10F2N2O3/c15-9-5-3-6-10(16)12(9)18-14(21)17-11-7-2-1-4-8(11)13(19)20/h1-7H,(H,19,20)(H2,17,18,21). The average Bonchev–Trinajstić information content (AvgIpc) is 2.43. The molecule has 0 bridgehead atoms. The number of halogens is 2. The molecule has 0 unspecified atom stereocenters. The van der Waals surface area contributed by atoms with Crippen molar-refractivity contribution in [1.82, 2.24) is 0 Å². The first-order chi connectivity index (χ1) is 9.99. The molecule has 108 valence electrons. The van der Waals surface area contributed by atoms with E-state index in [-0.39, 0.29) is 11.3 Å². The van der Waals surface area contributed by atoms with Crippen molar-refractivity contribution in [1.29, 1.82) is 0 Å². The van der Waals surface area contributed by atoms with Gasteiger partial charge in [0.05, 0.1) is 11.3 Å². The lowest BCUT2D eigenvalue weighted by Gasteiger charge is -2.10. The number of benzene rings is 2. The van der Waals surface area contributed by atoms with Crippen LogP contribution in [0.2, 0.25) is 0 Å². The van der Waals surface area contributed by atoms with E-state index < -0.39 is 29.3 Å². The number of carbonyl (C=O) groups excluding carboxylic acids is 1. The summed E-state index contributed by atoms with van der Waals surface area (Å²) in [6.07, 6.45) is 0. The summed E-state index contributed by atoms with van der Waals surface area (Å²) < 4.78 is 26.8. The van der Waals surface area contributed by atoms with Gasteiger partial charge >= 0.3 is 12.0 Å². The highest BCUT2D eigenvalue weighted by molar-refractivity contribution is 6.04. The van der Waals surface area contributed by atoms with Crippen molar-refractivity contribution in [2.24, 2.45) is 0 Å². The van der Waals surface area contributed by atoms with Crippen LogP contribution in [-0.2, 0) is 0 Å². The SMILES string of the molecule is O=C(Nc1ccccc1C(=O)O)Nc1c(F)cccc1F. The third-order valence-electron chi connectivity index (χ3n) is 2.61. The number of anilines is 2. The van der Waals surface area contributed by atoms with E-state index >= 15 is 0 Å². The third kappa shape index (κ3) is 3.33. The maximum absolute atomic E-state index is 13.4. The van der Waals surface area contributed by atoms with Crippen LogP contribution in [-0.4, -0.2) is 17.1 Å². The van der Waals surface area contributed by atoms with Crippen LogP contribution in [0.4, 0.5) is 25.0 Å². The monoisotopic (exact) mass is 292 g/mol. The second-order valence-electron chi connectivity index (χ2n) is 4.03. The molecule has 0 saturated carbocycles. The van der Waals surface area contributed by atoms with Crippen LogP contribution >= 0.6 is 0 Å². The zero-order valence-electron chi connectivity index (χ0n) is 10.6. The van der Waals surface area contributed by atoms with Crippen molar-refractivity contribution in [3.8, 4) is 0 Å². The van der Waals surface area contributed by atoms with Crippen LogP contribution in [0, 0.1) is 11.6 Å². The fourth-order valence-electron chi connectivity index (χ4n) is 1.66. The fourth-order valence-corrected chi connectivity index (χ4v) is 1.66. The molecule has 2 aromatic carbocycles. The Morgan fingerprint density at radius 1 is 0.905 bits per heavy atom. The topological polar surface area (TPSA) is 78.4 Å². The summed E-state index contributed by atoms with van der Waals surface area (Å²) in [6.45, 7) is 0. The number of hydrogen-bond donors (Lipinski definition) is 3. The first kappa shape index (κ1) is 14.4. The maximum Gasteiger partial charge on any atom is 0.337 e. The van der Waals surface area contributed by atoms with Gasteiger partial charge in [-0.2, -0.15) is 0 Å². The van der Waals surface area contributed by atoms with E-state index in [0.717, 1.165) is 18.2 Å². The van der Waals surface area contributed by atoms with Gasteiger partial charge in [0.1, 0.15) is 17.3 Å². The molecule has 0 aliphatic heterocycles. The molecule has 2 rings (SSSR count). The molecule has 21 heavy (non-hydrogen) atoms. The smallest absolute Gasteiger partial charge is 0.337 e. The van der Waals surface area contributed by atoms with Crippen molar-refractivity contribution in [2.75, 3.05) is 10.6 Å². The summed E-state index contributed by atoms with van der Waals surface area (Å²) in [6, 6.07) is 7.85. The van der Waals surface area contributed by atoms with Gasteiger partial charge < -0.3 is 15.7 Å². The highest BCUT2D eigenvalue weighted by Gasteiger charge is 2.14. The first-order valence-corrected chi connectivity index (χ1v) is 5.83. The van der Waals surface area contributed by atoms with Gasteiger partial charge in [-0.1, -0.05) is 18.2 Å². The van der Waals surface area contributed by atoms with Crippen molar-refractivity contribution in [3.63, 3.8) is 0 Å². The van der Waals surface area contributed by atoms with E-state index in [0.29, 0.717) is 0 Å². The van der Waals surface area contributed by atoms with Crippen molar-refractivity contribution in [3.05, 3.63) is 59.7 Å². The highest BCUT2D eigenvalue weighted by atomic mass is 19.1. The molecule has 0 heterocycles. The van der Waals surface area contributed by atoms with E-state index in [1.165, 1.54) is 24.3 Å². The van der Waals surface area contributed by atoms with Crippen LogP contribution in [0.25, 0.3) is 0 Å². The summed E-state index contributed by atoms with van der Waals surface area (Å²) in [4.78, 5) is 22.7. The Bertz CT molecular complexity index is 684. The van der Waals surface area contributed by atoms with E-state index in [4.69, 9.17) is 5.11 Å². The first-order valence-electron chi connectivity index (χ1n) is 5.83. The Morgan fingerprint density at radius 3 is 2.14 bits per heavy atom. The van der Waals surface area contributed by atoms with Crippen LogP contribution < -0.4 is 10.6 Å². The number of carboxylic acid groups (broad SMARTS) is 1. The zero-order valence-corrected chi connectivity index (χ0v) is 10.6. The molecule has 0 atom stereocenters. The summed E-state index contributed by atoms with van der Waals surface area (Å²) in [5.41, 5.74) is -0.733. The number of hydrogen-bond acceptors (Lipinski definition) is 2. The zero-order chi connectivity index (χ0) is 15.4. The Labute approximate surface area is 118 Å². The molecular formula is C14H10F2N2O3. The fraction of sp³-hybridized carbons (Fsp3) is 0. The summed E-state index contributed by atoms with van der Waals surface area (Å²) in [7, 11) is 0. The minimum Gasteiger partial charge on any atom is -0.478 e. The number of carboxylic acids is 1. The number of carbonyl (C=O) groups is 2. The van der Waals surface area contributed by atoms with Gasteiger partial charge in [0.2, 0.25) is 0 Å². The summed E-state index contributed by atoms with van der Waals surface area (Å²) in [5.74, 6) is -3.10. The van der Waals surface area contributed by atoms with Crippen molar-refractivity contribution in [2.45, 2.75) is 0 Å². The number of amides is 2. The van der Waals surface area contributed by atoms with Gasteiger partial charge in [-0.25, -0.2) is 18.4 Å². The molecule has 0 radical (unpaired) electrons. The van der Waals surface area contributed by atoms with E-state index in [1.54, 1.807) is 0 Å². The summed E-state index contributed by atoms with van der Waals surface area (Å²) >= 11 is 0. The quantitative estimate of drug-likeness (QED) is 0.812. The minimum atomic E-state index is -1.23. The van der Waals surface area contributed by atoms with Crippen LogP contribution in [0.3, 0.4) is 0 Å². The molecule has 3 N–H and O–H groups in total. The molecule has 5 nitrogen and oxygen atoms in total. The Balaban J connectivity index is 2.18. The predicted molar refractivity (Wildman–Crippen MR) is 72.4 cm³/mol. The normalized spacial score (nSPS) is 10.0. The molecule has 2 aromatic rings. The molecule has 0 saturated heterocycles. The largest absolute Gasteiger partial charge is 0.478 e. The second-order valence-corrected chi connectivity index (χ2v) is 4.03. The molecule has 0 aliphatic rings. The molecule has 7 heteroatoms. The van der Waals surface area contributed by atoms with E-state index in [2.05, 4.69) is 5.32 Å². The Kier molecular flexibility index (Phi) is 4.13. The lowest BCUT2D eigenvalue weighted by molar-refractivity contribution is 0.0698. The molecule has 2 amide bonds. The van der Waals surface area contributed by atoms with Crippen molar-refractivity contribution >= 4 is 23.4 Å². The molecule has 0 spiro atoms. The molecule has 0 fully saturated rings. The molecule has 0 aliphatic carbocycles. The van der Waals surface area contributed by atoms with Gasteiger partial charge in [0, 0.05) is 0 Å². The maximum atomic E-state index is 13.4. The van der Waals surface area contributed by atoms with Crippen LogP contribution in [0.15, 0.2) is 42.5 Å². The number of para-hydroxylation sites is 2. The highest BCUT2D eigenvalue weighted by Crippen LogP contribution is 2.19. The van der Waals surface area contributed by atoms with Crippen molar-refractivity contribution < 1.29 is 23.5 Å². The lowest BCUT2D eigenvalue weighted by Crippen LogP contribution is -2.22. The van der Waals surface area contributed by atoms with Gasteiger partial charge in [0.15, 0.2) is 0 Å². The van der Waals surface area contributed by atoms with E-state index in [1.807, 2.05) is 5.32 Å². The number of rotatable bonds is 3. The van der Waals surface area contributed by atoms with Gasteiger partial charge in [-0.3, -0.25) is 0 Å². The Hall–Kier alpha value is -2.96. The van der Waals surface area contributed by atoms with E-state index in [9.17, 15) is 18.4 Å². The van der Waals surface area contributed by atoms with Gasteiger partial charge in [-0.05, 0) is 24.3 Å². The predicted octanol–water partition coefficient (Wildman–Crippen LogP) is 3.31. The van der Waals surface area contributed by atoms with Crippen LogP contribution in [0.5, 0.6) is 0 Å². The number of aromatic carboxylic acids is 1. The lowest BCUT2D eigenvalue weighted by atomic mass is 10.2. The minimum absolute atomic E-state index is 0.0132. The van der Waals surface area contributed by atoms with Gasteiger partial charge in [0.25, 0.3) is 0 Å². The average molecular weight is 292 g/mol. The van der Waals surface area contributed by atoms with Gasteiger partial charge in [-0.15, -0.1) is 0 Å². The molecule has 0 aromatic heterocycles.